The van der Waals surface area contributed by atoms with E-state index in [4.69, 9.17) is 4.74 Å². The number of methoxy groups -OCH3 is 1. The minimum Gasteiger partial charge on any atom is -0.496 e. The Balaban J connectivity index is 1.94. The van der Waals surface area contributed by atoms with Crippen molar-refractivity contribution in [2.75, 3.05) is 33.8 Å². The summed E-state index contributed by atoms with van der Waals surface area (Å²) in [5, 5.41) is 3.41. The zero-order valence-corrected chi connectivity index (χ0v) is 12.7. The van der Waals surface area contributed by atoms with Gasteiger partial charge in [-0.15, -0.1) is 0 Å². The highest BCUT2D eigenvalue weighted by Crippen LogP contribution is 2.23. The lowest BCUT2D eigenvalue weighted by atomic mass is 10.1. The molecule has 1 atom stereocenters. The Hall–Kier alpha value is -0.580. The van der Waals surface area contributed by atoms with Crippen molar-refractivity contribution in [3.8, 4) is 5.75 Å². The van der Waals surface area contributed by atoms with Crippen LogP contribution in [-0.2, 0) is 6.42 Å². The molecule has 1 heterocycles. The van der Waals surface area contributed by atoms with Crippen LogP contribution in [0.4, 0.5) is 0 Å². The number of hydrogen-bond donors (Lipinski definition) is 1. The Bertz CT molecular complexity index is 391. The largest absolute Gasteiger partial charge is 0.496 e. The summed E-state index contributed by atoms with van der Waals surface area (Å²) in [7, 11) is 3.94. The zero-order chi connectivity index (χ0) is 13.0. The smallest absolute Gasteiger partial charge is 0.122 e. The minimum atomic E-state index is 0.683. The van der Waals surface area contributed by atoms with Crippen LogP contribution in [-0.4, -0.2) is 44.7 Å². The summed E-state index contributed by atoms with van der Waals surface area (Å²) in [4.78, 5) is 2.44. The van der Waals surface area contributed by atoms with Crippen molar-refractivity contribution >= 4 is 15.9 Å². The number of likely N-dealkylation sites (N-methyl/N-ethyl adjacent to an activating group) is 1. The van der Waals surface area contributed by atoms with Crippen LogP contribution < -0.4 is 10.1 Å². The van der Waals surface area contributed by atoms with E-state index in [2.05, 4.69) is 39.3 Å². The molecule has 1 N–H and O–H groups in total. The Kier molecular flexibility index (Phi) is 5.03. The third kappa shape index (κ3) is 3.46. The highest BCUT2D eigenvalue weighted by molar-refractivity contribution is 9.10. The molecule has 0 aromatic heterocycles. The Morgan fingerprint density at radius 2 is 2.33 bits per heavy atom. The van der Waals surface area contributed by atoms with Gasteiger partial charge >= 0.3 is 0 Å². The fourth-order valence-electron chi connectivity index (χ4n) is 2.44. The Morgan fingerprint density at radius 3 is 3.00 bits per heavy atom. The van der Waals surface area contributed by atoms with E-state index in [0.29, 0.717) is 6.04 Å². The van der Waals surface area contributed by atoms with Gasteiger partial charge in [0.2, 0.25) is 0 Å². The first kappa shape index (κ1) is 13.8. The Labute approximate surface area is 118 Å². The second kappa shape index (κ2) is 6.55. The number of nitrogens with zero attached hydrogens (tertiary/aromatic N) is 1. The lowest BCUT2D eigenvalue weighted by Crippen LogP contribution is -2.34. The lowest BCUT2D eigenvalue weighted by Gasteiger charge is -2.23. The molecular formula is C14H21BrN2O. The molecule has 1 unspecified atom stereocenters. The van der Waals surface area contributed by atoms with Gasteiger partial charge in [-0.3, -0.25) is 0 Å². The molecule has 1 aliphatic rings. The van der Waals surface area contributed by atoms with Crippen LogP contribution in [0.3, 0.4) is 0 Å². The summed E-state index contributed by atoms with van der Waals surface area (Å²) < 4.78 is 6.52. The minimum absolute atomic E-state index is 0.683. The van der Waals surface area contributed by atoms with E-state index < -0.39 is 0 Å². The van der Waals surface area contributed by atoms with E-state index in [1.165, 1.54) is 12.0 Å². The van der Waals surface area contributed by atoms with Gasteiger partial charge in [-0.2, -0.15) is 0 Å². The predicted molar refractivity (Wildman–Crippen MR) is 78.3 cm³/mol. The monoisotopic (exact) mass is 312 g/mol. The van der Waals surface area contributed by atoms with Crippen molar-refractivity contribution in [1.29, 1.82) is 0 Å². The van der Waals surface area contributed by atoms with Crippen LogP contribution in [0.1, 0.15) is 12.0 Å². The van der Waals surface area contributed by atoms with Crippen molar-refractivity contribution in [1.82, 2.24) is 10.2 Å². The molecule has 100 valence electrons. The number of hydrogen-bond acceptors (Lipinski definition) is 3. The third-order valence-corrected chi connectivity index (χ3v) is 4.13. The molecule has 0 aliphatic carbocycles. The summed E-state index contributed by atoms with van der Waals surface area (Å²) in [6.07, 6.45) is 2.28. The van der Waals surface area contributed by atoms with Gasteiger partial charge < -0.3 is 15.0 Å². The SMILES string of the molecule is COc1ccc(Br)cc1CCN(C)C1CCNC1. The molecule has 2 rings (SSSR count). The summed E-state index contributed by atoms with van der Waals surface area (Å²) in [5.41, 5.74) is 1.27. The number of rotatable bonds is 5. The highest BCUT2D eigenvalue weighted by Gasteiger charge is 2.18. The van der Waals surface area contributed by atoms with Gasteiger partial charge in [0.05, 0.1) is 7.11 Å². The molecule has 3 nitrogen and oxygen atoms in total. The molecule has 0 saturated carbocycles. The molecule has 0 radical (unpaired) electrons. The fourth-order valence-corrected chi connectivity index (χ4v) is 2.85. The molecular weight excluding hydrogens is 292 g/mol. The normalized spacial score (nSPS) is 19.4. The third-order valence-electron chi connectivity index (χ3n) is 3.63. The average Bonchev–Trinajstić information content (AvgIpc) is 2.90. The first-order chi connectivity index (χ1) is 8.70. The van der Waals surface area contributed by atoms with E-state index in [1.807, 2.05) is 12.1 Å². The maximum Gasteiger partial charge on any atom is 0.122 e. The second-order valence-corrected chi connectivity index (χ2v) is 5.75. The topological polar surface area (TPSA) is 24.5 Å². The summed E-state index contributed by atoms with van der Waals surface area (Å²) in [5.74, 6) is 0.983. The van der Waals surface area contributed by atoms with Crippen LogP contribution in [0.5, 0.6) is 5.75 Å². The molecule has 18 heavy (non-hydrogen) atoms. The predicted octanol–water partition coefficient (Wildman–Crippen LogP) is 2.29. The molecule has 1 aromatic carbocycles. The fraction of sp³-hybridized carbons (Fsp3) is 0.571. The molecule has 0 bridgehead atoms. The van der Waals surface area contributed by atoms with Crippen molar-refractivity contribution in [3.63, 3.8) is 0 Å². The van der Waals surface area contributed by atoms with E-state index >= 15 is 0 Å². The highest BCUT2D eigenvalue weighted by atomic mass is 79.9. The number of nitrogens with one attached hydrogen (secondary N) is 1. The van der Waals surface area contributed by atoms with Gasteiger partial charge in [0.1, 0.15) is 5.75 Å². The molecule has 0 amide bonds. The van der Waals surface area contributed by atoms with Gasteiger partial charge in [0, 0.05) is 23.6 Å². The number of halogens is 1. The van der Waals surface area contributed by atoms with Gasteiger partial charge in [-0.1, -0.05) is 15.9 Å². The van der Waals surface area contributed by atoms with Crippen molar-refractivity contribution in [2.24, 2.45) is 0 Å². The average molecular weight is 313 g/mol. The zero-order valence-electron chi connectivity index (χ0n) is 11.1. The summed E-state index contributed by atoms with van der Waals surface area (Å²) in [6, 6.07) is 6.88. The quantitative estimate of drug-likeness (QED) is 0.903. The number of benzene rings is 1. The van der Waals surface area contributed by atoms with E-state index in [9.17, 15) is 0 Å². The van der Waals surface area contributed by atoms with Crippen LogP contribution in [0.2, 0.25) is 0 Å². The molecule has 1 fully saturated rings. The first-order valence-electron chi connectivity index (χ1n) is 6.44. The van der Waals surface area contributed by atoms with Gasteiger partial charge in [-0.25, -0.2) is 0 Å². The lowest BCUT2D eigenvalue weighted by molar-refractivity contribution is 0.259. The van der Waals surface area contributed by atoms with Crippen LogP contribution >= 0.6 is 15.9 Å². The van der Waals surface area contributed by atoms with Gasteiger partial charge in [-0.05, 0) is 50.2 Å². The maximum absolute atomic E-state index is 5.41. The van der Waals surface area contributed by atoms with Gasteiger partial charge in [0.25, 0.3) is 0 Å². The van der Waals surface area contributed by atoms with Crippen LogP contribution in [0.15, 0.2) is 22.7 Å². The van der Waals surface area contributed by atoms with E-state index in [1.54, 1.807) is 7.11 Å². The Morgan fingerprint density at radius 1 is 1.50 bits per heavy atom. The van der Waals surface area contributed by atoms with E-state index in [-0.39, 0.29) is 0 Å². The van der Waals surface area contributed by atoms with Crippen molar-refractivity contribution < 1.29 is 4.74 Å². The van der Waals surface area contributed by atoms with Crippen molar-refractivity contribution in [2.45, 2.75) is 18.9 Å². The standard InChI is InChI=1S/C14H21BrN2O/c1-17(13-5-7-16-10-13)8-6-11-9-12(15)3-4-14(11)18-2/h3-4,9,13,16H,5-8,10H2,1-2H3. The molecule has 4 heteroatoms. The molecule has 1 aliphatic heterocycles. The molecule has 1 saturated heterocycles. The molecule has 0 spiro atoms. The molecule has 1 aromatic rings. The number of ether oxygens (including phenoxy) is 1. The van der Waals surface area contributed by atoms with Crippen molar-refractivity contribution in [3.05, 3.63) is 28.2 Å². The maximum atomic E-state index is 5.41. The second-order valence-electron chi connectivity index (χ2n) is 4.83. The van der Waals surface area contributed by atoms with Crippen LogP contribution in [0.25, 0.3) is 0 Å². The van der Waals surface area contributed by atoms with Crippen LogP contribution in [0, 0.1) is 0 Å². The van der Waals surface area contributed by atoms with Gasteiger partial charge in [0.15, 0.2) is 0 Å². The van der Waals surface area contributed by atoms with E-state index in [0.717, 1.165) is 36.3 Å². The summed E-state index contributed by atoms with van der Waals surface area (Å²) in [6.45, 7) is 3.33. The summed E-state index contributed by atoms with van der Waals surface area (Å²) >= 11 is 3.52. The first-order valence-corrected chi connectivity index (χ1v) is 7.23.